The molecule has 0 saturated heterocycles. The van der Waals surface area contributed by atoms with Crippen molar-refractivity contribution >= 4 is 10.8 Å². The summed E-state index contributed by atoms with van der Waals surface area (Å²) < 4.78 is 36.9. The van der Waals surface area contributed by atoms with Crippen LogP contribution in [0.2, 0.25) is 0 Å². The number of fused-ring (bicyclic) bond motifs is 1. The maximum Gasteiger partial charge on any atom is 1.00 e. The summed E-state index contributed by atoms with van der Waals surface area (Å²) in [6.45, 7) is 0. The van der Waals surface area contributed by atoms with E-state index in [2.05, 4.69) is 6.07 Å². The van der Waals surface area contributed by atoms with Gasteiger partial charge in [0.2, 0.25) is 0 Å². The van der Waals surface area contributed by atoms with Crippen molar-refractivity contribution in [1.29, 1.82) is 0 Å². The van der Waals surface area contributed by atoms with Crippen LogP contribution in [0.1, 0.15) is 5.56 Å². The molecular formula is C11H6F3Li. The van der Waals surface area contributed by atoms with E-state index in [1.807, 2.05) is 0 Å². The Morgan fingerprint density at radius 1 is 1.00 bits per heavy atom. The first-order valence-corrected chi connectivity index (χ1v) is 4.04. The molecule has 0 nitrogen and oxygen atoms in total. The van der Waals surface area contributed by atoms with Crippen LogP contribution < -0.4 is 18.9 Å². The van der Waals surface area contributed by atoms with Gasteiger partial charge in [-0.1, -0.05) is 18.2 Å². The van der Waals surface area contributed by atoms with Crippen molar-refractivity contribution in [2.75, 3.05) is 0 Å². The zero-order valence-electron chi connectivity index (χ0n) is 8.10. The van der Waals surface area contributed by atoms with Crippen molar-refractivity contribution < 1.29 is 32.0 Å². The Bertz CT molecular complexity index is 463. The van der Waals surface area contributed by atoms with Gasteiger partial charge in [-0.2, -0.15) is 37.4 Å². The molecule has 0 aliphatic heterocycles. The molecule has 4 heteroatoms. The second kappa shape index (κ2) is 4.30. The van der Waals surface area contributed by atoms with Crippen molar-refractivity contribution in [2.24, 2.45) is 0 Å². The van der Waals surface area contributed by atoms with Crippen molar-refractivity contribution in [2.45, 2.75) is 6.18 Å². The van der Waals surface area contributed by atoms with Gasteiger partial charge in [0.25, 0.3) is 0 Å². The van der Waals surface area contributed by atoms with E-state index in [0.29, 0.717) is 5.39 Å². The Kier molecular flexibility index (Phi) is 3.49. The van der Waals surface area contributed by atoms with E-state index in [1.165, 1.54) is 6.07 Å². The summed E-state index contributed by atoms with van der Waals surface area (Å²) in [7, 11) is 0. The minimum absolute atomic E-state index is 0. The molecule has 0 saturated carbocycles. The van der Waals surface area contributed by atoms with Gasteiger partial charge >= 0.3 is 25.0 Å². The number of hydrogen-bond acceptors (Lipinski definition) is 0. The van der Waals surface area contributed by atoms with Gasteiger partial charge in [-0.05, 0) is 0 Å². The SMILES string of the molecule is FC(F)(F)c1ccc2cc[c-]cc2c1.[Li+]. The van der Waals surface area contributed by atoms with Crippen LogP contribution in [-0.2, 0) is 6.18 Å². The molecule has 72 valence electrons. The Morgan fingerprint density at radius 2 is 1.73 bits per heavy atom. The molecule has 0 amide bonds. The second-order valence-corrected chi connectivity index (χ2v) is 2.99. The predicted molar refractivity (Wildman–Crippen MR) is 47.8 cm³/mol. The Labute approximate surface area is 97.3 Å². The molecule has 0 unspecified atom stereocenters. The fourth-order valence-corrected chi connectivity index (χ4v) is 1.30. The summed E-state index contributed by atoms with van der Waals surface area (Å²) in [4.78, 5) is 0. The van der Waals surface area contributed by atoms with Crippen molar-refractivity contribution in [1.82, 2.24) is 0 Å². The monoisotopic (exact) mass is 202 g/mol. The van der Waals surface area contributed by atoms with E-state index < -0.39 is 11.7 Å². The third-order valence-electron chi connectivity index (χ3n) is 2.01. The van der Waals surface area contributed by atoms with Crippen LogP contribution in [-0.4, -0.2) is 0 Å². The molecular weight excluding hydrogens is 196 g/mol. The number of alkyl halides is 3. The van der Waals surface area contributed by atoms with E-state index in [4.69, 9.17) is 0 Å². The molecule has 0 N–H and O–H groups in total. The minimum Gasteiger partial charge on any atom is -0.183 e. The second-order valence-electron chi connectivity index (χ2n) is 2.99. The topological polar surface area (TPSA) is 0 Å². The van der Waals surface area contributed by atoms with Crippen LogP contribution in [0.4, 0.5) is 13.2 Å². The van der Waals surface area contributed by atoms with Gasteiger partial charge < -0.3 is 0 Å². The summed E-state index contributed by atoms with van der Waals surface area (Å²) in [5.41, 5.74) is -0.621. The van der Waals surface area contributed by atoms with Gasteiger partial charge in [0.1, 0.15) is 0 Å². The zero-order valence-corrected chi connectivity index (χ0v) is 8.10. The first-order chi connectivity index (χ1) is 6.57. The molecule has 0 heterocycles. The average molecular weight is 202 g/mol. The third kappa shape index (κ3) is 2.56. The van der Waals surface area contributed by atoms with Gasteiger partial charge in [0.05, 0.1) is 0 Å². The van der Waals surface area contributed by atoms with E-state index >= 15 is 0 Å². The van der Waals surface area contributed by atoms with Crippen LogP contribution in [0.5, 0.6) is 0 Å². The van der Waals surface area contributed by atoms with E-state index in [-0.39, 0.29) is 18.9 Å². The third-order valence-corrected chi connectivity index (χ3v) is 2.01. The maximum absolute atomic E-state index is 12.3. The normalized spacial score (nSPS) is 11.1. The zero-order chi connectivity index (χ0) is 10.2. The van der Waals surface area contributed by atoms with Gasteiger partial charge in [0.15, 0.2) is 0 Å². The molecule has 0 radical (unpaired) electrons. The van der Waals surface area contributed by atoms with Crippen LogP contribution in [0.3, 0.4) is 0 Å². The quantitative estimate of drug-likeness (QED) is 0.435. The molecule has 2 aromatic carbocycles. The largest absolute Gasteiger partial charge is 1.00 e. The molecule has 0 atom stereocenters. The Morgan fingerprint density at radius 3 is 2.40 bits per heavy atom. The molecule has 0 fully saturated rings. The molecule has 2 rings (SSSR count). The molecule has 0 aliphatic carbocycles. The summed E-state index contributed by atoms with van der Waals surface area (Å²) in [6, 6.07) is 11.4. The van der Waals surface area contributed by atoms with E-state index in [9.17, 15) is 13.2 Å². The Balaban J connectivity index is 0.00000112. The first kappa shape index (κ1) is 12.2. The molecule has 15 heavy (non-hydrogen) atoms. The van der Waals surface area contributed by atoms with Crippen molar-refractivity contribution in [3.63, 3.8) is 0 Å². The van der Waals surface area contributed by atoms with Crippen LogP contribution >= 0.6 is 0 Å². The molecule has 0 bridgehead atoms. The minimum atomic E-state index is -4.27. The number of rotatable bonds is 0. The standard InChI is InChI=1S/C11H6F3.Li/c12-11(13,14)10-6-5-8-3-1-2-4-9(8)7-10;/h1,3-7H;/q-1;+1. The van der Waals surface area contributed by atoms with Gasteiger partial charge in [-0.3, -0.25) is 0 Å². The summed E-state index contributed by atoms with van der Waals surface area (Å²) >= 11 is 0. The van der Waals surface area contributed by atoms with Crippen molar-refractivity contribution in [3.8, 4) is 0 Å². The van der Waals surface area contributed by atoms with Crippen LogP contribution in [0.15, 0.2) is 36.4 Å². The summed E-state index contributed by atoms with van der Waals surface area (Å²) in [5.74, 6) is 0. The molecule has 2 aromatic rings. The van der Waals surface area contributed by atoms with Crippen molar-refractivity contribution in [3.05, 3.63) is 48.0 Å². The van der Waals surface area contributed by atoms with Gasteiger partial charge in [0, 0.05) is 5.56 Å². The number of hydrogen-bond donors (Lipinski definition) is 0. The average Bonchev–Trinajstić information content (AvgIpc) is 2.16. The maximum atomic E-state index is 12.3. The van der Waals surface area contributed by atoms with E-state index in [1.54, 1.807) is 18.2 Å². The van der Waals surface area contributed by atoms with E-state index in [0.717, 1.165) is 17.5 Å². The fraction of sp³-hybridized carbons (Fsp3) is 0.0909. The van der Waals surface area contributed by atoms with Gasteiger partial charge in [-0.25, -0.2) is 0 Å². The number of benzene rings is 2. The first-order valence-electron chi connectivity index (χ1n) is 4.04. The Hall–Kier alpha value is -0.913. The fourth-order valence-electron chi connectivity index (χ4n) is 1.30. The molecule has 0 spiro atoms. The molecule has 0 aromatic heterocycles. The molecule has 0 aliphatic rings. The predicted octanol–water partition coefficient (Wildman–Crippen LogP) is 0.663. The summed E-state index contributed by atoms with van der Waals surface area (Å²) in [5, 5.41) is 1.35. The summed E-state index contributed by atoms with van der Waals surface area (Å²) in [6.07, 6.45) is -4.27. The smallest absolute Gasteiger partial charge is 0.183 e. The number of halogens is 3. The van der Waals surface area contributed by atoms with Gasteiger partial charge in [-0.15, -0.1) is 10.8 Å². The van der Waals surface area contributed by atoms with Crippen LogP contribution in [0.25, 0.3) is 10.8 Å². The van der Waals surface area contributed by atoms with Crippen LogP contribution in [0, 0.1) is 6.07 Å².